The van der Waals surface area contributed by atoms with Crippen LogP contribution in [0.1, 0.15) is 24.1 Å². The molecule has 156 valence electrons. The molecule has 0 radical (unpaired) electrons. The largest absolute Gasteiger partial charge is 0.493 e. The Morgan fingerprint density at radius 3 is 2.83 bits per heavy atom. The minimum Gasteiger partial charge on any atom is -0.493 e. The predicted octanol–water partition coefficient (Wildman–Crippen LogP) is 3.89. The van der Waals surface area contributed by atoms with Crippen LogP contribution < -0.4 is 19.7 Å². The fraction of sp³-hybridized carbons (Fsp3) is 0.304. The van der Waals surface area contributed by atoms with E-state index in [-0.39, 0.29) is 12.6 Å². The third kappa shape index (κ3) is 3.10. The number of methoxy groups -OCH3 is 1. The van der Waals surface area contributed by atoms with E-state index < -0.39 is 17.7 Å². The SMILES string of the molecule is C=CCOC(=O)[C@@H]1[C@@H]2NC(=S)N(c3cccc(C)c3)[C@]1(C)Oc1c(OC)cccc12. The quantitative estimate of drug-likeness (QED) is 0.444. The van der Waals surface area contributed by atoms with Crippen LogP contribution >= 0.6 is 12.2 Å². The van der Waals surface area contributed by atoms with Crippen molar-refractivity contribution in [2.24, 2.45) is 5.92 Å². The van der Waals surface area contributed by atoms with Gasteiger partial charge in [-0.2, -0.15) is 0 Å². The number of fused-ring (bicyclic) bond motifs is 4. The summed E-state index contributed by atoms with van der Waals surface area (Å²) < 4.78 is 17.6. The van der Waals surface area contributed by atoms with Gasteiger partial charge in [-0.3, -0.25) is 9.69 Å². The van der Waals surface area contributed by atoms with Crippen LogP contribution in [0.3, 0.4) is 0 Å². The standard InChI is InChI=1S/C23H24N2O4S/c1-5-12-28-21(26)18-19-16-10-7-11-17(27-4)20(16)29-23(18,3)25(22(30)24-19)15-9-6-8-14(2)13-15/h5-11,13,18-19H,1,12H2,2-4H3,(H,24,30)/t18-,19+,23+/m0/s1. The molecule has 2 aromatic carbocycles. The summed E-state index contributed by atoms with van der Waals surface area (Å²) in [5.41, 5.74) is 1.58. The van der Waals surface area contributed by atoms with E-state index in [4.69, 9.17) is 26.4 Å². The first-order chi connectivity index (χ1) is 14.4. The Kier molecular flexibility index (Phi) is 5.15. The summed E-state index contributed by atoms with van der Waals surface area (Å²) in [7, 11) is 1.60. The van der Waals surface area contributed by atoms with Gasteiger partial charge in [-0.15, -0.1) is 0 Å². The number of carbonyl (C=O) groups excluding carboxylic acids is 1. The lowest BCUT2D eigenvalue weighted by Gasteiger charge is -2.55. The maximum Gasteiger partial charge on any atom is 0.317 e. The maximum atomic E-state index is 13.2. The number of anilines is 1. The number of esters is 1. The zero-order valence-electron chi connectivity index (χ0n) is 17.2. The molecule has 1 fully saturated rings. The zero-order valence-corrected chi connectivity index (χ0v) is 18.0. The van der Waals surface area contributed by atoms with Crippen molar-refractivity contribution in [3.05, 3.63) is 66.2 Å². The summed E-state index contributed by atoms with van der Waals surface area (Å²) in [5, 5.41) is 3.83. The lowest BCUT2D eigenvalue weighted by atomic mass is 9.79. The van der Waals surface area contributed by atoms with E-state index in [1.54, 1.807) is 13.2 Å². The first-order valence-corrected chi connectivity index (χ1v) is 10.1. The summed E-state index contributed by atoms with van der Waals surface area (Å²) in [5.74, 6) is 0.126. The summed E-state index contributed by atoms with van der Waals surface area (Å²) in [4.78, 5) is 15.0. The molecule has 0 amide bonds. The molecule has 3 atom stereocenters. The number of thiocarbonyl (C=S) groups is 1. The molecule has 2 aliphatic rings. The van der Waals surface area contributed by atoms with Crippen LogP contribution in [0.15, 0.2) is 55.1 Å². The Morgan fingerprint density at radius 2 is 2.13 bits per heavy atom. The van der Waals surface area contributed by atoms with Gasteiger partial charge in [-0.25, -0.2) is 0 Å². The second-order valence-electron chi connectivity index (χ2n) is 7.53. The average Bonchev–Trinajstić information content (AvgIpc) is 2.71. The third-order valence-electron chi connectivity index (χ3n) is 5.57. The van der Waals surface area contributed by atoms with Crippen molar-refractivity contribution in [3.63, 3.8) is 0 Å². The number of aryl methyl sites for hydroxylation is 1. The van der Waals surface area contributed by atoms with Crippen molar-refractivity contribution in [2.75, 3.05) is 18.6 Å². The van der Waals surface area contributed by atoms with E-state index in [1.165, 1.54) is 0 Å². The summed E-state index contributed by atoms with van der Waals surface area (Å²) in [6, 6.07) is 13.1. The van der Waals surface area contributed by atoms with Crippen molar-refractivity contribution in [1.82, 2.24) is 5.32 Å². The molecule has 2 bridgehead atoms. The highest BCUT2D eigenvalue weighted by atomic mass is 32.1. The highest BCUT2D eigenvalue weighted by Gasteiger charge is 2.60. The molecule has 4 rings (SSSR count). The Bertz CT molecular complexity index is 1020. The smallest absolute Gasteiger partial charge is 0.317 e. The molecule has 0 unspecified atom stereocenters. The zero-order chi connectivity index (χ0) is 21.5. The molecule has 0 aromatic heterocycles. The molecular formula is C23H24N2O4S. The topological polar surface area (TPSA) is 60.0 Å². The van der Waals surface area contributed by atoms with Crippen molar-refractivity contribution >= 4 is 29.0 Å². The molecule has 1 N–H and O–H groups in total. The molecule has 1 saturated heterocycles. The first kappa shape index (κ1) is 20.2. The van der Waals surface area contributed by atoms with Gasteiger partial charge in [0.15, 0.2) is 16.6 Å². The van der Waals surface area contributed by atoms with E-state index in [0.29, 0.717) is 16.6 Å². The Balaban J connectivity index is 1.90. The fourth-order valence-corrected chi connectivity index (χ4v) is 4.69. The molecule has 2 aromatic rings. The highest BCUT2D eigenvalue weighted by Crippen LogP contribution is 2.52. The van der Waals surface area contributed by atoms with Gasteiger partial charge in [0.1, 0.15) is 12.5 Å². The van der Waals surface area contributed by atoms with Crippen LogP contribution in [0, 0.1) is 12.8 Å². The Hall–Kier alpha value is -3.06. The number of carbonyl (C=O) groups is 1. The van der Waals surface area contributed by atoms with Gasteiger partial charge in [-0.1, -0.05) is 36.9 Å². The molecule has 2 aliphatic heterocycles. The van der Waals surface area contributed by atoms with Crippen LogP contribution in [0.25, 0.3) is 0 Å². The van der Waals surface area contributed by atoms with E-state index in [0.717, 1.165) is 16.8 Å². The van der Waals surface area contributed by atoms with Gasteiger partial charge in [0, 0.05) is 11.3 Å². The van der Waals surface area contributed by atoms with Crippen LogP contribution in [-0.4, -0.2) is 30.5 Å². The van der Waals surface area contributed by atoms with Crippen molar-refractivity contribution in [2.45, 2.75) is 25.6 Å². The number of rotatable bonds is 5. The lowest BCUT2D eigenvalue weighted by Crippen LogP contribution is -2.71. The molecule has 0 aliphatic carbocycles. The molecule has 2 heterocycles. The second kappa shape index (κ2) is 7.65. The number of nitrogens with zero attached hydrogens (tertiary/aromatic N) is 1. The predicted molar refractivity (Wildman–Crippen MR) is 119 cm³/mol. The molecule has 6 nitrogen and oxygen atoms in total. The van der Waals surface area contributed by atoms with Gasteiger partial charge in [0.2, 0.25) is 5.72 Å². The van der Waals surface area contributed by atoms with Gasteiger partial charge in [0.05, 0.1) is 13.2 Å². The Morgan fingerprint density at radius 1 is 1.37 bits per heavy atom. The van der Waals surface area contributed by atoms with E-state index in [2.05, 4.69) is 11.9 Å². The van der Waals surface area contributed by atoms with Crippen LogP contribution in [-0.2, 0) is 9.53 Å². The minimum absolute atomic E-state index is 0.123. The van der Waals surface area contributed by atoms with Gasteiger partial charge in [0.25, 0.3) is 0 Å². The van der Waals surface area contributed by atoms with Crippen molar-refractivity contribution in [3.8, 4) is 11.5 Å². The van der Waals surface area contributed by atoms with Crippen LogP contribution in [0.5, 0.6) is 11.5 Å². The number of ether oxygens (including phenoxy) is 3. The normalized spacial score (nSPS) is 24.2. The van der Waals surface area contributed by atoms with Crippen LogP contribution in [0.2, 0.25) is 0 Å². The van der Waals surface area contributed by atoms with Gasteiger partial charge in [-0.05, 0) is 49.8 Å². The van der Waals surface area contributed by atoms with Gasteiger partial charge < -0.3 is 19.5 Å². The number of hydrogen-bond donors (Lipinski definition) is 1. The van der Waals surface area contributed by atoms with Crippen molar-refractivity contribution < 1.29 is 19.0 Å². The van der Waals surface area contributed by atoms with E-state index in [9.17, 15) is 4.79 Å². The minimum atomic E-state index is -1.12. The number of nitrogens with one attached hydrogen (secondary N) is 1. The van der Waals surface area contributed by atoms with Crippen molar-refractivity contribution in [1.29, 1.82) is 0 Å². The number of para-hydroxylation sites is 1. The van der Waals surface area contributed by atoms with E-state index >= 15 is 0 Å². The number of hydrogen-bond acceptors (Lipinski definition) is 5. The second-order valence-corrected chi connectivity index (χ2v) is 7.92. The summed E-state index contributed by atoms with van der Waals surface area (Å²) in [6.07, 6.45) is 1.55. The fourth-order valence-electron chi connectivity index (χ4n) is 4.28. The number of benzene rings is 2. The lowest BCUT2D eigenvalue weighted by molar-refractivity contribution is -0.159. The van der Waals surface area contributed by atoms with E-state index in [1.807, 2.05) is 61.2 Å². The molecule has 30 heavy (non-hydrogen) atoms. The Labute approximate surface area is 181 Å². The first-order valence-electron chi connectivity index (χ1n) is 9.71. The summed E-state index contributed by atoms with van der Waals surface area (Å²) in [6.45, 7) is 7.63. The monoisotopic (exact) mass is 424 g/mol. The maximum absolute atomic E-state index is 13.2. The van der Waals surface area contributed by atoms with Gasteiger partial charge >= 0.3 is 5.97 Å². The highest BCUT2D eigenvalue weighted by molar-refractivity contribution is 7.80. The van der Waals surface area contributed by atoms with Crippen LogP contribution in [0.4, 0.5) is 5.69 Å². The molecule has 0 spiro atoms. The summed E-state index contributed by atoms with van der Waals surface area (Å²) >= 11 is 5.73. The third-order valence-corrected chi connectivity index (χ3v) is 5.87. The average molecular weight is 425 g/mol. The molecule has 0 saturated carbocycles. The molecule has 7 heteroatoms. The molecular weight excluding hydrogens is 400 g/mol.